The molecule has 0 fully saturated rings. The van der Waals surface area contributed by atoms with Crippen LogP contribution in [0.1, 0.15) is 31.4 Å². The first kappa shape index (κ1) is 13.6. The summed E-state index contributed by atoms with van der Waals surface area (Å²) in [6.07, 6.45) is 3.33. The molecule has 1 amide bonds. The SMILES string of the molecule is CC(c1cn[nH]c1)N1NC(=O)CC(Br)=C1CC(=O)O. The third-order valence-electron chi connectivity index (χ3n) is 2.87. The first-order valence-electron chi connectivity index (χ1n) is 5.65. The van der Waals surface area contributed by atoms with Crippen LogP contribution in [0.15, 0.2) is 22.6 Å². The van der Waals surface area contributed by atoms with Crippen molar-refractivity contribution in [3.05, 3.63) is 28.1 Å². The molecule has 0 saturated heterocycles. The minimum absolute atomic E-state index is 0.150. The van der Waals surface area contributed by atoms with Gasteiger partial charge in [0.1, 0.15) is 0 Å². The number of aliphatic carboxylic acids is 1. The average molecular weight is 329 g/mol. The van der Waals surface area contributed by atoms with E-state index < -0.39 is 5.97 Å². The van der Waals surface area contributed by atoms with Crippen LogP contribution >= 0.6 is 15.9 Å². The zero-order chi connectivity index (χ0) is 14.0. The maximum Gasteiger partial charge on any atom is 0.309 e. The van der Waals surface area contributed by atoms with Crippen molar-refractivity contribution in [2.75, 3.05) is 0 Å². The van der Waals surface area contributed by atoms with Gasteiger partial charge in [-0.15, -0.1) is 0 Å². The molecule has 0 aromatic carbocycles. The molecular formula is C11H13BrN4O3. The summed E-state index contributed by atoms with van der Waals surface area (Å²) in [6, 6.07) is -0.218. The molecule has 1 atom stereocenters. The predicted octanol–water partition coefficient (Wildman–Crippen LogP) is 1.29. The fraction of sp³-hybridized carbons (Fsp3) is 0.364. The summed E-state index contributed by atoms with van der Waals surface area (Å²) in [5.41, 5.74) is 4.09. The van der Waals surface area contributed by atoms with Gasteiger partial charge in [0, 0.05) is 16.2 Å². The molecule has 0 spiro atoms. The lowest BCUT2D eigenvalue weighted by molar-refractivity contribution is -0.137. The number of hydrogen-bond acceptors (Lipinski definition) is 4. The molecular weight excluding hydrogens is 316 g/mol. The molecule has 1 aromatic rings. The van der Waals surface area contributed by atoms with Crippen molar-refractivity contribution in [3.8, 4) is 0 Å². The van der Waals surface area contributed by atoms with Crippen molar-refractivity contribution in [3.63, 3.8) is 0 Å². The summed E-state index contributed by atoms with van der Waals surface area (Å²) < 4.78 is 0.592. The Bertz CT molecular complexity index is 526. The summed E-state index contributed by atoms with van der Waals surface area (Å²) in [6.45, 7) is 1.86. The number of hydrogen-bond donors (Lipinski definition) is 3. The molecule has 0 aliphatic carbocycles. The van der Waals surface area contributed by atoms with Crippen molar-refractivity contribution in [2.24, 2.45) is 0 Å². The molecule has 1 aliphatic heterocycles. The van der Waals surface area contributed by atoms with Crippen molar-refractivity contribution >= 4 is 27.8 Å². The molecule has 2 heterocycles. The number of carboxylic acids is 1. The second kappa shape index (κ2) is 5.43. The summed E-state index contributed by atoms with van der Waals surface area (Å²) in [4.78, 5) is 22.5. The van der Waals surface area contributed by atoms with Gasteiger partial charge >= 0.3 is 5.97 Å². The van der Waals surface area contributed by atoms with Gasteiger partial charge in [-0.2, -0.15) is 5.10 Å². The van der Waals surface area contributed by atoms with Gasteiger partial charge in [0.2, 0.25) is 5.91 Å². The fourth-order valence-electron chi connectivity index (χ4n) is 1.91. The molecule has 0 saturated carbocycles. The topological polar surface area (TPSA) is 98.3 Å². The van der Waals surface area contributed by atoms with Crippen LogP contribution in [-0.2, 0) is 9.59 Å². The minimum atomic E-state index is -0.951. The molecule has 102 valence electrons. The van der Waals surface area contributed by atoms with Crippen LogP contribution in [0.2, 0.25) is 0 Å². The van der Waals surface area contributed by atoms with E-state index in [9.17, 15) is 9.59 Å². The van der Waals surface area contributed by atoms with Crippen LogP contribution in [0.5, 0.6) is 0 Å². The van der Waals surface area contributed by atoms with E-state index in [-0.39, 0.29) is 24.8 Å². The minimum Gasteiger partial charge on any atom is -0.481 e. The number of nitrogens with zero attached hydrogens (tertiary/aromatic N) is 2. The largest absolute Gasteiger partial charge is 0.481 e. The predicted molar refractivity (Wildman–Crippen MR) is 69.8 cm³/mol. The number of carboxylic acid groups (broad SMARTS) is 1. The van der Waals surface area contributed by atoms with Gasteiger partial charge in [0.15, 0.2) is 0 Å². The Hall–Kier alpha value is -1.83. The smallest absolute Gasteiger partial charge is 0.309 e. The number of amides is 1. The van der Waals surface area contributed by atoms with Crippen LogP contribution < -0.4 is 5.43 Å². The highest BCUT2D eigenvalue weighted by Gasteiger charge is 2.29. The van der Waals surface area contributed by atoms with E-state index in [2.05, 4.69) is 31.6 Å². The Morgan fingerprint density at radius 1 is 1.68 bits per heavy atom. The second-order valence-corrected chi connectivity index (χ2v) is 5.17. The van der Waals surface area contributed by atoms with E-state index in [1.807, 2.05) is 6.92 Å². The van der Waals surface area contributed by atoms with E-state index in [1.54, 1.807) is 17.4 Å². The van der Waals surface area contributed by atoms with Gasteiger partial charge < -0.3 is 5.11 Å². The van der Waals surface area contributed by atoms with Gasteiger partial charge in [-0.3, -0.25) is 25.1 Å². The lowest BCUT2D eigenvalue weighted by Crippen LogP contribution is -2.46. The summed E-state index contributed by atoms with van der Waals surface area (Å²) in [7, 11) is 0. The molecule has 2 rings (SSSR count). The Kier molecular flexibility index (Phi) is 3.89. The van der Waals surface area contributed by atoms with Gasteiger partial charge in [-0.1, -0.05) is 15.9 Å². The van der Waals surface area contributed by atoms with Crippen LogP contribution in [0.25, 0.3) is 0 Å². The normalized spacial score (nSPS) is 17.4. The third-order valence-corrected chi connectivity index (χ3v) is 3.61. The van der Waals surface area contributed by atoms with Crippen LogP contribution in [0.4, 0.5) is 0 Å². The molecule has 1 aromatic heterocycles. The van der Waals surface area contributed by atoms with Gasteiger partial charge in [0.25, 0.3) is 0 Å². The lowest BCUT2D eigenvalue weighted by atomic mass is 10.1. The third kappa shape index (κ3) is 2.95. The molecule has 19 heavy (non-hydrogen) atoms. The Labute approximate surface area is 117 Å². The summed E-state index contributed by atoms with van der Waals surface area (Å²) >= 11 is 3.29. The molecule has 0 radical (unpaired) electrons. The molecule has 1 aliphatic rings. The first-order valence-corrected chi connectivity index (χ1v) is 6.45. The number of carbonyl (C=O) groups is 2. The van der Waals surface area contributed by atoms with E-state index in [4.69, 9.17) is 5.11 Å². The molecule has 0 bridgehead atoms. The maximum absolute atomic E-state index is 11.6. The van der Waals surface area contributed by atoms with E-state index in [1.165, 1.54) is 0 Å². The zero-order valence-corrected chi connectivity index (χ0v) is 11.8. The molecule has 1 unspecified atom stereocenters. The van der Waals surface area contributed by atoms with Gasteiger partial charge in [0.05, 0.1) is 30.8 Å². The van der Waals surface area contributed by atoms with Crippen molar-refractivity contribution in [1.82, 2.24) is 20.6 Å². The quantitative estimate of drug-likeness (QED) is 0.773. The number of hydrazine groups is 1. The van der Waals surface area contributed by atoms with Gasteiger partial charge in [-0.05, 0) is 6.92 Å². The summed E-state index contributed by atoms with van der Waals surface area (Å²) in [5, 5.41) is 17.1. The highest BCUT2D eigenvalue weighted by Crippen LogP contribution is 2.31. The van der Waals surface area contributed by atoms with E-state index in [0.29, 0.717) is 10.2 Å². The van der Waals surface area contributed by atoms with Crippen molar-refractivity contribution < 1.29 is 14.7 Å². The number of carbonyl (C=O) groups excluding carboxylic acids is 1. The zero-order valence-electron chi connectivity index (χ0n) is 10.2. The van der Waals surface area contributed by atoms with E-state index >= 15 is 0 Å². The molecule has 3 N–H and O–H groups in total. The number of nitrogens with one attached hydrogen (secondary N) is 2. The number of aromatic amines is 1. The maximum atomic E-state index is 11.6. The van der Waals surface area contributed by atoms with Crippen molar-refractivity contribution in [2.45, 2.75) is 25.8 Å². The Balaban J connectivity index is 2.32. The highest BCUT2D eigenvalue weighted by molar-refractivity contribution is 9.11. The Morgan fingerprint density at radius 2 is 2.42 bits per heavy atom. The number of H-pyrrole nitrogens is 1. The average Bonchev–Trinajstić information content (AvgIpc) is 2.84. The Morgan fingerprint density at radius 3 is 3.00 bits per heavy atom. The standard InChI is InChI=1S/C11H13BrN4O3/c1-6(7-4-13-14-5-7)16-9(3-11(18)19)8(12)2-10(17)15-16/h4-6H,2-3H2,1H3,(H,13,14)(H,15,17)(H,18,19). The fourth-order valence-corrected chi connectivity index (χ4v) is 2.49. The van der Waals surface area contributed by atoms with Crippen LogP contribution in [0.3, 0.4) is 0 Å². The monoisotopic (exact) mass is 328 g/mol. The van der Waals surface area contributed by atoms with Crippen molar-refractivity contribution in [1.29, 1.82) is 0 Å². The number of halogens is 1. The molecule has 8 heteroatoms. The highest BCUT2D eigenvalue weighted by atomic mass is 79.9. The van der Waals surface area contributed by atoms with E-state index in [0.717, 1.165) is 5.56 Å². The lowest BCUT2D eigenvalue weighted by Gasteiger charge is -2.36. The number of rotatable bonds is 4. The molecule has 7 nitrogen and oxygen atoms in total. The van der Waals surface area contributed by atoms with Crippen LogP contribution in [0, 0.1) is 0 Å². The van der Waals surface area contributed by atoms with Crippen LogP contribution in [-0.4, -0.2) is 32.2 Å². The summed E-state index contributed by atoms with van der Waals surface area (Å²) in [5.74, 6) is -1.14. The second-order valence-electron chi connectivity index (χ2n) is 4.21. The first-order chi connectivity index (χ1) is 8.99. The number of aromatic nitrogens is 2. The van der Waals surface area contributed by atoms with Gasteiger partial charge in [-0.25, -0.2) is 0 Å².